The molecule has 0 amide bonds. The molecule has 4 heteroatoms. The fraction of sp³-hybridized carbons (Fsp3) is 0.385. The zero-order valence-corrected chi connectivity index (χ0v) is 9.50. The zero-order chi connectivity index (χ0) is 11.8. The van der Waals surface area contributed by atoms with Crippen LogP contribution in [0.1, 0.15) is 19.3 Å². The lowest BCUT2D eigenvalue weighted by Gasteiger charge is -2.28. The number of amidine groups is 1. The molecule has 3 rings (SSSR count). The topological polar surface area (TPSA) is 71.0 Å². The Bertz CT molecular complexity index is 591. The van der Waals surface area contributed by atoms with Crippen molar-refractivity contribution in [1.29, 1.82) is 0 Å². The molecule has 0 radical (unpaired) electrons. The standard InChI is InChI=1S/C13H15N3O/c14-13(16-17)10-6-3-5-9-8-4-1-2-7-11(8)15-12(9)10/h1-2,4,7,10,12,17H,3,5-6H2,(H2,14,16)/t10-,12-/m0/s1. The molecule has 1 aliphatic carbocycles. The van der Waals surface area contributed by atoms with E-state index >= 15 is 0 Å². The quantitative estimate of drug-likeness (QED) is 0.316. The Kier molecular flexibility index (Phi) is 2.35. The summed E-state index contributed by atoms with van der Waals surface area (Å²) in [6, 6.07) is 8.26. The van der Waals surface area contributed by atoms with E-state index in [9.17, 15) is 0 Å². The molecule has 1 fully saturated rings. The second-order valence-electron chi connectivity index (χ2n) is 4.64. The molecule has 3 N–H and O–H groups in total. The molecule has 0 unspecified atom stereocenters. The van der Waals surface area contributed by atoms with Crippen LogP contribution in [-0.4, -0.2) is 17.1 Å². The van der Waals surface area contributed by atoms with Crippen molar-refractivity contribution in [3.05, 3.63) is 34.8 Å². The summed E-state index contributed by atoms with van der Waals surface area (Å²) in [6.45, 7) is 0. The number of fused-ring (bicyclic) bond motifs is 2. The maximum Gasteiger partial charge on any atom is 0.144 e. The smallest absolute Gasteiger partial charge is 0.144 e. The molecule has 1 aromatic carbocycles. The fourth-order valence-corrected chi connectivity index (χ4v) is 2.91. The Morgan fingerprint density at radius 1 is 1.41 bits per heavy atom. The van der Waals surface area contributed by atoms with E-state index in [4.69, 9.17) is 15.9 Å². The van der Waals surface area contributed by atoms with Gasteiger partial charge < -0.3 is 10.9 Å². The SMILES string of the molecule is N/C(=N\O)[C@H]1CCCC2=c3ccccc3=N[C@@H]21. The first-order valence-electron chi connectivity index (χ1n) is 5.94. The van der Waals surface area contributed by atoms with E-state index < -0.39 is 0 Å². The Hall–Kier alpha value is -1.84. The lowest BCUT2D eigenvalue weighted by Crippen LogP contribution is -2.36. The number of benzene rings is 1. The van der Waals surface area contributed by atoms with E-state index in [2.05, 4.69) is 11.2 Å². The number of rotatable bonds is 1. The summed E-state index contributed by atoms with van der Waals surface area (Å²) in [5.41, 5.74) is 7.12. The van der Waals surface area contributed by atoms with Crippen LogP contribution in [0.3, 0.4) is 0 Å². The minimum Gasteiger partial charge on any atom is -0.409 e. The first-order valence-corrected chi connectivity index (χ1v) is 5.94. The number of oxime groups is 1. The maximum atomic E-state index is 8.84. The van der Waals surface area contributed by atoms with Gasteiger partial charge in [0.25, 0.3) is 0 Å². The summed E-state index contributed by atoms with van der Waals surface area (Å²) in [5.74, 6) is 0.361. The molecule has 1 heterocycles. The van der Waals surface area contributed by atoms with E-state index in [1.165, 1.54) is 10.8 Å². The number of para-hydroxylation sites is 1. The van der Waals surface area contributed by atoms with Crippen LogP contribution in [0.2, 0.25) is 0 Å². The summed E-state index contributed by atoms with van der Waals surface area (Å²) >= 11 is 0. The van der Waals surface area contributed by atoms with Crippen LogP contribution in [-0.2, 0) is 0 Å². The average molecular weight is 229 g/mol. The molecule has 0 saturated heterocycles. The highest BCUT2D eigenvalue weighted by atomic mass is 16.4. The molecule has 2 aliphatic rings. The lowest BCUT2D eigenvalue weighted by molar-refractivity contribution is 0.311. The number of nitrogens with two attached hydrogens (primary N) is 1. The summed E-state index contributed by atoms with van der Waals surface area (Å²) in [5, 5.41) is 14.3. The van der Waals surface area contributed by atoms with Gasteiger partial charge in [0.2, 0.25) is 0 Å². The van der Waals surface area contributed by atoms with E-state index in [1.807, 2.05) is 18.2 Å². The monoisotopic (exact) mass is 229 g/mol. The molecule has 2 atom stereocenters. The molecule has 1 aromatic rings. The van der Waals surface area contributed by atoms with Gasteiger partial charge in [-0.1, -0.05) is 23.4 Å². The van der Waals surface area contributed by atoms with Crippen LogP contribution >= 0.6 is 0 Å². The predicted molar refractivity (Wildman–Crippen MR) is 65.2 cm³/mol. The molecule has 0 aromatic heterocycles. The number of hydrogen-bond acceptors (Lipinski definition) is 3. The van der Waals surface area contributed by atoms with Crippen LogP contribution in [0.4, 0.5) is 0 Å². The normalized spacial score (nSPS) is 27.3. The van der Waals surface area contributed by atoms with Crippen molar-refractivity contribution in [1.82, 2.24) is 0 Å². The number of nitrogens with zero attached hydrogens (tertiary/aromatic N) is 2. The first-order chi connectivity index (χ1) is 8.31. The molecule has 1 aliphatic heterocycles. The molecular formula is C13H15N3O. The minimum absolute atomic E-state index is 0.0520. The van der Waals surface area contributed by atoms with Crippen LogP contribution in [0.15, 0.2) is 34.4 Å². The third kappa shape index (κ3) is 1.52. The summed E-state index contributed by atoms with van der Waals surface area (Å²) in [6.07, 6.45) is 3.10. The van der Waals surface area contributed by atoms with Crippen molar-refractivity contribution >= 4 is 11.4 Å². The molecule has 17 heavy (non-hydrogen) atoms. The summed E-state index contributed by atoms with van der Waals surface area (Å²) in [7, 11) is 0. The van der Waals surface area contributed by atoms with Crippen molar-refractivity contribution < 1.29 is 5.21 Å². The van der Waals surface area contributed by atoms with Gasteiger partial charge in [-0.15, -0.1) is 0 Å². The van der Waals surface area contributed by atoms with Crippen LogP contribution in [0.25, 0.3) is 5.57 Å². The van der Waals surface area contributed by atoms with Crippen molar-refractivity contribution in [2.24, 2.45) is 21.8 Å². The predicted octanol–water partition coefficient (Wildman–Crippen LogP) is 0.386. The van der Waals surface area contributed by atoms with Gasteiger partial charge in [-0.25, -0.2) is 0 Å². The van der Waals surface area contributed by atoms with Gasteiger partial charge in [0.15, 0.2) is 0 Å². The average Bonchev–Trinajstić information content (AvgIpc) is 2.76. The second kappa shape index (κ2) is 3.87. The van der Waals surface area contributed by atoms with E-state index in [1.54, 1.807) is 0 Å². The molecule has 88 valence electrons. The van der Waals surface area contributed by atoms with Gasteiger partial charge in [-0.3, -0.25) is 4.99 Å². The maximum absolute atomic E-state index is 8.84. The van der Waals surface area contributed by atoms with Gasteiger partial charge in [0, 0.05) is 11.1 Å². The van der Waals surface area contributed by atoms with Crippen LogP contribution in [0, 0.1) is 5.92 Å². The Morgan fingerprint density at radius 2 is 2.24 bits per heavy atom. The van der Waals surface area contributed by atoms with E-state index in [0.717, 1.165) is 24.6 Å². The van der Waals surface area contributed by atoms with Crippen molar-refractivity contribution in [3.8, 4) is 0 Å². The lowest BCUT2D eigenvalue weighted by atomic mass is 9.80. The summed E-state index contributed by atoms with van der Waals surface area (Å²) < 4.78 is 0. The third-order valence-electron chi connectivity index (χ3n) is 3.72. The van der Waals surface area contributed by atoms with Crippen LogP contribution in [0.5, 0.6) is 0 Å². The van der Waals surface area contributed by atoms with Gasteiger partial charge in [-0.05, 0) is 30.9 Å². The highest BCUT2D eigenvalue weighted by molar-refractivity contribution is 5.85. The zero-order valence-electron chi connectivity index (χ0n) is 9.50. The Morgan fingerprint density at radius 3 is 3.06 bits per heavy atom. The molecule has 0 bridgehead atoms. The van der Waals surface area contributed by atoms with Gasteiger partial charge in [-0.2, -0.15) is 0 Å². The molecule has 4 nitrogen and oxygen atoms in total. The highest BCUT2D eigenvalue weighted by Gasteiger charge is 2.34. The van der Waals surface area contributed by atoms with E-state index in [0.29, 0.717) is 5.84 Å². The summed E-state index contributed by atoms with van der Waals surface area (Å²) in [4.78, 5) is 4.72. The van der Waals surface area contributed by atoms with E-state index in [-0.39, 0.29) is 12.0 Å². The minimum atomic E-state index is 0.0520. The molecule has 0 spiro atoms. The van der Waals surface area contributed by atoms with Gasteiger partial charge in [0.05, 0.1) is 11.4 Å². The fourth-order valence-electron chi connectivity index (χ4n) is 2.91. The van der Waals surface area contributed by atoms with Crippen molar-refractivity contribution in [3.63, 3.8) is 0 Å². The molecule has 1 saturated carbocycles. The highest BCUT2D eigenvalue weighted by Crippen LogP contribution is 2.32. The van der Waals surface area contributed by atoms with Gasteiger partial charge >= 0.3 is 0 Å². The second-order valence-corrected chi connectivity index (χ2v) is 4.64. The van der Waals surface area contributed by atoms with Crippen molar-refractivity contribution in [2.45, 2.75) is 25.3 Å². The largest absolute Gasteiger partial charge is 0.409 e. The first kappa shape index (κ1) is 10.3. The third-order valence-corrected chi connectivity index (χ3v) is 3.72. The van der Waals surface area contributed by atoms with Crippen molar-refractivity contribution in [2.75, 3.05) is 0 Å². The Balaban J connectivity index is 2.13. The Labute approximate surface area is 99.2 Å². The number of hydrogen-bond donors (Lipinski definition) is 2. The van der Waals surface area contributed by atoms with Gasteiger partial charge in [0.1, 0.15) is 5.84 Å². The van der Waals surface area contributed by atoms with Crippen LogP contribution < -0.4 is 16.3 Å². The molecular weight excluding hydrogens is 214 g/mol.